The van der Waals surface area contributed by atoms with Crippen LogP contribution in [0.1, 0.15) is 11.1 Å². The third-order valence-corrected chi connectivity index (χ3v) is 4.56. The SMILES string of the molecule is Cc1cccc(-n2nnn(C)c2=O)c1COc1c(F)c(F)c(Br)c(F)c1F. The molecule has 0 fully saturated rings. The van der Waals surface area contributed by atoms with Crippen molar-refractivity contribution in [1.82, 2.24) is 19.8 Å². The summed E-state index contributed by atoms with van der Waals surface area (Å²) in [5.74, 6) is -7.77. The highest BCUT2D eigenvalue weighted by Gasteiger charge is 2.26. The molecule has 0 aliphatic heterocycles. The van der Waals surface area contributed by atoms with E-state index < -0.39 is 45.8 Å². The van der Waals surface area contributed by atoms with Gasteiger partial charge in [-0.2, -0.15) is 18.1 Å². The summed E-state index contributed by atoms with van der Waals surface area (Å²) in [5.41, 5.74) is 0.637. The number of nitrogens with zero attached hydrogens (tertiary/aromatic N) is 4. The van der Waals surface area contributed by atoms with E-state index in [1.807, 2.05) is 0 Å². The van der Waals surface area contributed by atoms with Gasteiger partial charge >= 0.3 is 5.69 Å². The average molecular weight is 447 g/mol. The second-order valence-electron chi connectivity index (χ2n) is 5.56. The van der Waals surface area contributed by atoms with Crippen molar-refractivity contribution in [2.24, 2.45) is 7.05 Å². The first-order valence-corrected chi connectivity index (χ1v) is 8.25. The number of rotatable bonds is 4. The maximum Gasteiger partial charge on any atom is 0.368 e. The minimum atomic E-state index is -1.67. The van der Waals surface area contributed by atoms with E-state index >= 15 is 0 Å². The Labute approximate surface area is 158 Å². The molecule has 0 spiro atoms. The van der Waals surface area contributed by atoms with E-state index in [1.165, 1.54) is 13.1 Å². The molecular weight excluding hydrogens is 436 g/mol. The number of benzene rings is 2. The summed E-state index contributed by atoms with van der Waals surface area (Å²) in [5, 5.41) is 7.30. The van der Waals surface area contributed by atoms with Crippen molar-refractivity contribution in [3.05, 3.63) is 67.6 Å². The molecule has 0 saturated heterocycles. The molecule has 142 valence electrons. The average Bonchev–Trinajstić information content (AvgIpc) is 2.98. The molecule has 11 heteroatoms. The number of aromatic nitrogens is 4. The van der Waals surface area contributed by atoms with E-state index in [0.29, 0.717) is 11.1 Å². The highest BCUT2D eigenvalue weighted by Crippen LogP contribution is 2.33. The van der Waals surface area contributed by atoms with Crippen LogP contribution in [0.25, 0.3) is 5.69 Å². The van der Waals surface area contributed by atoms with Crippen molar-refractivity contribution in [3.63, 3.8) is 0 Å². The predicted molar refractivity (Wildman–Crippen MR) is 89.6 cm³/mol. The van der Waals surface area contributed by atoms with Crippen LogP contribution in [0.5, 0.6) is 5.75 Å². The van der Waals surface area contributed by atoms with Gasteiger partial charge in [-0.1, -0.05) is 12.1 Å². The van der Waals surface area contributed by atoms with Gasteiger partial charge in [0.2, 0.25) is 11.6 Å². The first-order chi connectivity index (χ1) is 12.7. The molecule has 1 aromatic heterocycles. The lowest BCUT2D eigenvalue weighted by molar-refractivity contribution is 0.260. The summed E-state index contributed by atoms with van der Waals surface area (Å²) in [7, 11) is 1.40. The number of tetrazole rings is 1. The van der Waals surface area contributed by atoms with Crippen LogP contribution in [0.3, 0.4) is 0 Å². The van der Waals surface area contributed by atoms with Gasteiger partial charge in [-0.25, -0.2) is 13.6 Å². The molecule has 3 rings (SSSR count). The van der Waals surface area contributed by atoms with Crippen LogP contribution in [-0.2, 0) is 13.7 Å². The molecule has 0 unspecified atom stereocenters. The Bertz CT molecular complexity index is 1070. The summed E-state index contributed by atoms with van der Waals surface area (Å²) in [6.45, 7) is 1.19. The highest BCUT2D eigenvalue weighted by atomic mass is 79.9. The number of hydrogen-bond acceptors (Lipinski definition) is 4. The molecule has 0 atom stereocenters. The topological polar surface area (TPSA) is 61.9 Å². The van der Waals surface area contributed by atoms with Crippen LogP contribution in [0.15, 0.2) is 27.5 Å². The van der Waals surface area contributed by atoms with Crippen LogP contribution in [0.2, 0.25) is 0 Å². The minimum Gasteiger partial charge on any atom is -0.483 e. The van der Waals surface area contributed by atoms with Crippen LogP contribution in [0.4, 0.5) is 17.6 Å². The highest BCUT2D eigenvalue weighted by molar-refractivity contribution is 9.10. The van der Waals surface area contributed by atoms with E-state index in [-0.39, 0.29) is 5.69 Å². The van der Waals surface area contributed by atoms with Gasteiger partial charge in [0.05, 0.1) is 10.2 Å². The van der Waals surface area contributed by atoms with Gasteiger partial charge in [-0.15, -0.1) is 0 Å². The maximum absolute atomic E-state index is 14.0. The molecule has 6 nitrogen and oxygen atoms in total. The first-order valence-electron chi connectivity index (χ1n) is 7.46. The Morgan fingerprint density at radius 2 is 1.70 bits per heavy atom. The normalized spacial score (nSPS) is 11.1. The van der Waals surface area contributed by atoms with E-state index in [2.05, 4.69) is 26.4 Å². The standard InChI is InChI=1S/C16H11BrF4N4O2/c1-7-4-3-5-9(25-16(26)24(2)22-23-25)8(7)6-27-15-13(20)11(18)10(17)12(19)14(15)21/h3-5H,6H2,1-2H3. The zero-order valence-corrected chi connectivity index (χ0v) is 15.5. The third-order valence-electron chi connectivity index (χ3n) is 3.87. The van der Waals surface area contributed by atoms with Crippen LogP contribution < -0.4 is 10.4 Å². The van der Waals surface area contributed by atoms with E-state index in [4.69, 9.17) is 4.74 Å². The van der Waals surface area contributed by atoms with Crippen molar-refractivity contribution in [3.8, 4) is 11.4 Å². The van der Waals surface area contributed by atoms with Crippen molar-refractivity contribution in [2.75, 3.05) is 0 Å². The number of hydrogen-bond donors (Lipinski definition) is 0. The zero-order valence-electron chi connectivity index (χ0n) is 13.9. The van der Waals surface area contributed by atoms with Gasteiger partial charge in [0, 0.05) is 12.6 Å². The third kappa shape index (κ3) is 3.22. The monoisotopic (exact) mass is 446 g/mol. The first kappa shape index (κ1) is 19.1. The molecule has 2 aromatic carbocycles. The maximum atomic E-state index is 14.0. The van der Waals surface area contributed by atoms with Crippen molar-refractivity contribution >= 4 is 15.9 Å². The lowest BCUT2D eigenvalue weighted by atomic mass is 10.1. The van der Waals surface area contributed by atoms with Crippen LogP contribution in [-0.4, -0.2) is 19.8 Å². The van der Waals surface area contributed by atoms with Crippen molar-refractivity contribution < 1.29 is 22.3 Å². The Morgan fingerprint density at radius 1 is 1.07 bits per heavy atom. The van der Waals surface area contributed by atoms with E-state index in [1.54, 1.807) is 19.1 Å². The van der Waals surface area contributed by atoms with Crippen LogP contribution in [0, 0.1) is 30.2 Å². The molecule has 0 saturated carbocycles. The minimum absolute atomic E-state index is 0.256. The molecule has 27 heavy (non-hydrogen) atoms. The molecule has 0 aliphatic rings. The molecule has 0 bridgehead atoms. The van der Waals surface area contributed by atoms with Gasteiger partial charge < -0.3 is 4.74 Å². The lowest BCUT2D eigenvalue weighted by Crippen LogP contribution is -2.23. The molecule has 0 radical (unpaired) electrons. The molecule has 0 amide bonds. The Morgan fingerprint density at radius 3 is 2.26 bits per heavy atom. The van der Waals surface area contributed by atoms with E-state index in [9.17, 15) is 22.4 Å². The van der Waals surface area contributed by atoms with Gasteiger partial charge in [-0.05, 0) is 44.9 Å². The smallest absolute Gasteiger partial charge is 0.368 e. The van der Waals surface area contributed by atoms with Gasteiger partial charge in [0.25, 0.3) is 0 Å². The summed E-state index contributed by atoms with van der Waals surface area (Å²) >= 11 is 2.43. The Kier molecular flexibility index (Phi) is 5.05. The molecule has 0 N–H and O–H groups in total. The second kappa shape index (κ2) is 7.14. The molecule has 3 aromatic rings. The fourth-order valence-corrected chi connectivity index (χ4v) is 2.74. The van der Waals surface area contributed by atoms with Gasteiger partial charge in [-0.3, -0.25) is 0 Å². The Balaban J connectivity index is 2.04. The van der Waals surface area contributed by atoms with Crippen molar-refractivity contribution in [1.29, 1.82) is 0 Å². The van der Waals surface area contributed by atoms with E-state index in [0.717, 1.165) is 9.36 Å². The molecular formula is C16H11BrF4N4O2. The van der Waals surface area contributed by atoms with Crippen molar-refractivity contribution in [2.45, 2.75) is 13.5 Å². The molecule has 1 heterocycles. The van der Waals surface area contributed by atoms with Gasteiger partial charge in [0.1, 0.15) is 6.61 Å². The zero-order chi connectivity index (χ0) is 19.9. The number of halogens is 5. The quantitative estimate of drug-likeness (QED) is 0.350. The fourth-order valence-electron chi connectivity index (χ4n) is 2.39. The van der Waals surface area contributed by atoms with Crippen LogP contribution >= 0.6 is 15.9 Å². The predicted octanol–water partition coefficient (Wildman–Crippen LogP) is 3.17. The fraction of sp³-hybridized carbons (Fsp3) is 0.188. The molecule has 0 aliphatic carbocycles. The summed E-state index contributed by atoms with van der Waals surface area (Å²) in [6, 6.07) is 4.83. The lowest BCUT2D eigenvalue weighted by Gasteiger charge is -2.14. The number of aryl methyl sites for hydroxylation is 2. The summed E-state index contributed by atoms with van der Waals surface area (Å²) in [4.78, 5) is 12.1. The largest absolute Gasteiger partial charge is 0.483 e. The Hall–Kier alpha value is -2.69. The van der Waals surface area contributed by atoms with Gasteiger partial charge in [0.15, 0.2) is 17.4 Å². The summed E-state index contributed by atoms with van der Waals surface area (Å²) < 4.78 is 61.3. The number of ether oxygens (including phenoxy) is 1. The summed E-state index contributed by atoms with van der Waals surface area (Å²) in [6.07, 6.45) is 0. The second-order valence-corrected chi connectivity index (χ2v) is 6.35.